The molecule has 0 fully saturated rings. The van der Waals surface area contributed by atoms with Gasteiger partial charge in [-0.15, -0.1) is 10.2 Å². The van der Waals surface area contributed by atoms with E-state index < -0.39 is 11.4 Å². The molecule has 2 aromatic carbocycles. The van der Waals surface area contributed by atoms with Gasteiger partial charge < -0.3 is 14.5 Å². The van der Waals surface area contributed by atoms with Crippen molar-refractivity contribution in [2.45, 2.75) is 37.3 Å². The molecular formula is C20H20FN3O3S. The van der Waals surface area contributed by atoms with Gasteiger partial charge in [0.05, 0.1) is 5.25 Å². The Labute approximate surface area is 166 Å². The molecule has 3 rings (SSSR count). The summed E-state index contributed by atoms with van der Waals surface area (Å²) in [4.78, 5) is 12.3. The van der Waals surface area contributed by atoms with Gasteiger partial charge in [0, 0.05) is 5.69 Å². The molecule has 2 atom stereocenters. The summed E-state index contributed by atoms with van der Waals surface area (Å²) in [6, 6.07) is 13.2. The molecule has 6 nitrogen and oxygen atoms in total. The quantitative estimate of drug-likeness (QED) is 0.574. The highest BCUT2D eigenvalue weighted by Gasteiger charge is 2.21. The van der Waals surface area contributed by atoms with Gasteiger partial charge in [0.25, 0.3) is 11.1 Å². The second kappa shape index (κ2) is 8.88. The van der Waals surface area contributed by atoms with Gasteiger partial charge in [0.2, 0.25) is 5.91 Å². The first-order chi connectivity index (χ1) is 13.4. The van der Waals surface area contributed by atoms with E-state index in [1.807, 2.05) is 31.2 Å². The minimum Gasteiger partial charge on any atom is -0.481 e. The molecule has 0 bridgehead atoms. The van der Waals surface area contributed by atoms with Crippen molar-refractivity contribution in [2.75, 3.05) is 5.32 Å². The minimum absolute atomic E-state index is 0.163. The number of benzene rings is 2. The van der Waals surface area contributed by atoms with Gasteiger partial charge in [-0.25, -0.2) is 4.39 Å². The molecule has 28 heavy (non-hydrogen) atoms. The molecule has 3 aromatic rings. The zero-order valence-electron chi connectivity index (χ0n) is 15.7. The summed E-state index contributed by atoms with van der Waals surface area (Å²) < 4.78 is 24.2. The molecule has 1 heterocycles. The monoisotopic (exact) mass is 401 g/mol. The Morgan fingerprint density at radius 1 is 1.11 bits per heavy atom. The highest BCUT2D eigenvalue weighted by molar-refractivity contribution is 8.00. The molecule has 0 spiro atoms. The summed E-state index contributed by atoms with van der Waals surface area (Å²) in [5, 5.41) is 10.6. The van der Waals surface area contributed by atoms with Crippen molar-refractivity contribution in [3.63, 3.8) is 0 Å². The average Bonchev–Trinajstić information content (AvgIpc) is 3.14. The summed E-state index contributed by atoms with van der Waals surface area (Å²) in [5.41, 5.74) is 1.85. The van der Waals surface area contributed by atoms with E-state index in [1.165, 1.54) is 24.3 Å². The lowest BCUT2D eigenvalue weighted by molar-refractivity contribution is -0.115. The number of nitrogens with zero attached hydrogens (tertiary/aromatic N) is 2. The number of rotatable bonds is 7. The normalized spacial score (nSPS) is 13.0. The molecule has 1 aromatic heterocycles. The smallest absolute Gasteiger partial charge is 0.277 e. The molecule has 0 aliphatic heterocycles. The fraction of sp³-hybridized carbons (Fsp3) is 0.250. The van der Waals surface area contributed by atoms with Crippen LogP contribution in [0.2, 0.25) is 0 Å². The third-order valence-corrected chi connectivity index (χ3v) is 4.80. The van der Waals surface area contributed by atoms with Gasteiger partial charge in [0.15, 0.2) is 6.10 Å². The SMILES string of the molecule is Cc1ccc(NC(=O)[C@@H](C)Sc2nnc([C@@H](C)Oc3ccc(F)cc3)o2)cc1. The molecular weight excluding hydrogens is 381 g/mol. The molecule has 0 radical (unpaired) electrons. The van der Waals surface area contributed by atoms with Gasteiger partial charge in [-0.2, -0.15) is 0 Å². The van der Waals surface area contributed by atoms with Crippen LogP contribution in [0.5, 0.6) is 5.75 Å². The van der Waals surface area contributed by atoms with Crippen LogP contribution in [0.25, 0.3) is 0 Å². The van der Waals surface area contributed by atoms with E-state index in [-0.39, 0.29) is 22.8 Å². The lowest BCUT2D eigenvalue weighted by atomic mass is 10.2. The number of carbonyl (C=O) groups excluding carboxylic acids is 1. The van der Waals surface area contributed by atoms with E-state index in [1.54, 1.807) is 13.8 Å². The number of ether oxygens (including phenoxy) is 1. The van der Waals surface area contributed by atoms with Crippen molar-refractivity contribution in [3.05, 3.63) is 65.8 Å². The second-order valence-electron chi connectivity index (χ2n) is 6.24. The maximum absolute atomic E-state index is 13.0. The number of aromatic nitrogens is 2. The van der Waals surface area contributed by atoms with Gasteiger partial charge in [-0.05, 0) is 57.2 Å². The number of hydrogen-bond acceptors (Lipinski definition) is 6. The van der Waals surface area contributed by atoms with E-state index in [0.29, 0.717) is 5.75 Å². The Morgan fingerprint density at radius 3 is 2.46 bits per heavy atom. The van der Waals surface area contributed by atoms with E-state index >= 15 is 0 Å². The first-order valence-corrected chi connectivity index (χ1v) is 9.58. The van der Waals surface area contributed by atoms with Gasteiger partial charge in [-0.3, -0.25) is 4.79 Å². The average molecular weight is 401 g/mol. The molecule has 1 N–H and O–H groups in total. The molecule has 146 valence electrons. The van der Waals surface area contributed by atoms with Crippen molar-refractivity contribution in [1.29, 1.82) is 0 Å². The first kappa shape index (κ1) is 19.9. The fourth-order valence-corrected chi connectivity index (χ4v) is 2.98. The fourth-order valence-electron chi connectivity index (χ4n) is 2.29. The number of anilines is 1. The van der Waals surface area contributed by atoms with Gasteiger partial charge in [0.1, 0.15) is 11.6 Å². The van der Waals surface area contributed by atoms with Crippen LogP contribution in [0, 0.1) is 12.7 Å². The van der Waals surface area contributed by atoms with Crippen LogP contribution in [0.4, 0.5) is 10.1 Å². The van der Waals surface area contributed by atoms with Crippen molar-refractivity contribution in [2.24, 2.45) is 0 Å². The van der Waals surface area contributed by atoms with Gasteiger partial charge in [-0.1, -0.05) is 29.5 Å². The maximum atomic E-state index is 13.0. The van der Waals surface area contributed by atoms with Gasteiger partial charge >= 0.3 is 0 Å². The molecule has 1 amide bonds. The molecule has 0 unspecified atom stereocenters. The van der Waals surface area contributed by atoms with Crippen LogP contribution in [-0.4, -0.2) is 21.4 Å². The number of aryl methyl sites for hydroxylation is 1. The maximum Gasteiger partial charge on any atom is 0.277 e. The van der Waals surface area contributed by atoms with E-state index in [9.17, 15) is 9.18 Å². The van der Waals surface area contributed by atoms with E-state index in [2.05, 4.69) is 15.5 Å². The van der Waals surface area contributed by atoms with Crippen LogP contribution in [0.1, 0.15) is 31.4 Å². The highest BCUT2D eigenvalue weighted by Crippen LogP contribution is 2.27. The Hall–Kier alpha value is -2.87. The molecule has 0 aliphatic carbocycles. The Kier molecular flexibility index (Phi) is 6.30. The van der Waals surface area contributed by atoms with Crippen LogP contribution in [-0.2, 0) is 4.79 Å². The molecule has 0 saturated carbocycles. The van der Waals surface area contributed by atoms with Crippen molar-refractivity contribution < 1.29 is 18.3 Å². The number of thioether (sulfide) groups is 1. The molecule has 8 heteroatoms. The largest absolute Gasteiger partial charge is 0.481 e. The zero-order chi connectivity index (χ0) is 20.1. The number of nitrogens with one attached hydrogen (secondary N) is 1. The van der Waals surface area contributed by atoms with Crippen LogP contribution >= 0.6 is 11.8 Å². The van der Waals surface area contributed by atoms with Crippen molar-refractivity contribution in [3.8, 4) is 5.75 Å². The Balaban J connectivity index is 1.56. The van der Waals surface area contributed by atoms with Crippen LogP contribution in [0.3, 0.4) is 0 Å². The Bertz CT molecular complexity index is 929. The van der Waals surface area contributed by atoms with Crippen molar-refractivity contribution in [1.82, 2.24) is 10.2 Å². The standard InChI is InChI=1S/C20H20FN3O3S/c1-12-4-8-16(9-5-12)22-18(25)14(3)28-20-24-23-19(27-20)13(2)26-17-10-6-15(21)7-11-17/h4-11,13-14H,1-3H3,(H,22,25)/t13-,14-/m1/s1. The van der Waals surface area contributed by atoms with E-state index in [4.69, 9.17) is 9.15 Å². The number of hydrogen-bond donors (Lipinski definition) is 1. The highest BCUT2D eigenvalue weighted by atomic mass is 32.2. The van der Waals surface area contributed by atoms with Crippen molar-refractivity contribution >= 4 is 23.4 Å². The summed E-state index contributed by atoms with van der Waals surface area (Å²) in [6.45, 7) is 5.49. The van der Waals surface area contributed by atoms with Crippen LogP contribution < -0.4 is 10.1 Å². The second-order valence-corrected chi connectivity index (χ2v) is 7.53. The third-order valence-electron chi connectivity index (χ3n) is 3.86. The summed E-state index contributed by atoms with van der Waals surface area (Å²) in [6.07, 6.45) is -0.510. The predicted molar refractivity (Wildman–Crippen MR) is 105 cm³/mol. The summed E-state index contributed by atoms with van der Waals surface area (Å²) in [5.74, 6) is 0.267. The number of halogens is 1. The lowest BCUT2D eigenvalue weighted by Crippen LogP contribution is -2.22. The summed E-state index contributed by atoms with van der Waals surface area (Å²) >= 11 is 1.16. The molecule has 0 aliphatic rings. The zero-order valence-corrected chi connectivity index (χ0v) is 16.5. The lowest BCUT2D eigenvalue weighted by Gasteiger charge is -2.11. The topological polar surface area (TPSA) is 77.2 Å². The predicted octanol–water partition coefficient (Wildman–Crippen LogP) is 4.78. The third kappa shape index (κ3) is 5.32. The Morgan fingerprint density at radius 2 is 1.79 bits per heavy atom. The van der Waals surface area contributed by atoms with Crippen LogP contribution in [0.15, 0.2) is 58.2 Å². The van der Waals surface area contributed by atoms with E-state index in [0.717, 1.165) is 23.0 Å². The summed E-state index contributed by atoms with van der Waals surface area (Å²) in [7, 11) is 0. The minimum atomic E-state index is -0.510. The first-order valence-electron chi connectivity index (χ1n) is 8.70. The number of amides is 1. The molecule has 0 saturated heterocycles. The number of carbonyl (C=O) groups is 1.